The van der Waals surface area contributed by atoms with Crippen LogP contribution < -0.4 is 0 Å². The Labute approximate surface area is 142 Å². The van der Waals surface area contributed by atoms with Crippen LogP contribution in [-0.4, -0.2) is 22.4 Å². The zero-order chi connectivity index (χ0) is 17.1. The van der Waals surface area contributed by atoms with E-state index in [1.165, 1.54) is 0 Å². The average Bonchev–Trinajstić information content (AvgIpc) is 2.96. The van der Waals surface area contributed by atoms with Crippen LogP contribution in [0.5, 0.6) is 0 Å². The van der Waals surface area contributed by atoms with Crippen LogP contribution in [0.25, 0.3) is 0 Å². The normalized spacial score (nSPS) is 15.3. The predicted octanol–water partition coefficient (Wildman–Crippen LogP) is 5.21. The smallest absolute Gasteiger partial charge is 0.173 e. The van der Waals surface area contributed by atoms with E-state index >= 15 is 0 Å². The summed E-state index contributed by atoms with van der Waals surface area (Å²) in [6.07, 6.45) is 8.75. The number of carbonyl (C=O) groups excluding carboxylic acids is 1. The molecule has 1 aromatic carbocycles. The van der Waals surface area contributed by atoms with E-state index in [1.54, 1.807) is 0 Å². The van der Waals surface area contributed by atoms with Crippen LogP contribution in [0.4, 0.5) is 0 Å². The van der Waals surface area contributed by atoms with E-state index in [4.69, 9.17) is 4.12 Å². The summed E-state index contributed by atoms with van der Waals surface area (Å²) in [4.78, 5) is 12.7. The molecule has 2 nitrogen and oxygen atoms in total. The highest BCUT2D eigenvalue weighted by atomic mass is 28.4. The largest absolute Gasteiger partial charge is 0.456 e. The number of aryl methyl sites for hydroxylation is 1. The molecular formula is C19H28O2Si2. The molecule has 0 bridgehead atoms. The lowest BCUT2D eigenvalue weighted by molar-refractivity contribution is 0.0965. The van der Waals surface area contributed by atoms with Crippen molar-refractivity contribution in [1.29, 1.82) is 0 Å². The summed E-state index contributed by atoms with van der Waals surface area (Å²) >= 11 is 0. The second-order valence-electron chi connectivity index (χ2n) is 7.79. The molecule has 2 rings (SSSR count). The topological polar surface area (TPSA) is 26.3 Å². The number of carbonyl (C=O) groups is 1. The van der Waals surface area contributed by atoms with E-state index in [-0.39, 0.29) is 11.7 Å². The molecule has 1 aliphatic rings. The van der Waals surface area contributed by atoms with Gasteiger partial charge in [0.1, 0.15) is 0 Å². The van der Waals surface area contributed by atoms with Crippen LogP contribution in [0.3, 0.4) is 0 Å². The third kappa shape index (κ3) is 5.41. The van der Waals surface area contributed by atoms with Gasteiger partial charge in [-0.05, 0) is 50.8 Å². The molecule has 23 heavy (non-hydrogen) atoms. The summed E-state index contributed by atoms with van der Waals surface area (Å²) in [5.74, 6) is 0.107. The lowest BCUT2D eigenvalue weighted by Gasteiger charge is -2.31. The van der Waals surface area contributed by atoms with Crippen molar-refractivity contribution >= 4 is 22.4 Å². The zero-order valence-electron chi connectivity index (χ0n) is 14.9. The predicted molar refractivity (Wildman–Crippen MR) is 103 cm³/mol. The van der Waals surface area contributed by atoms with Gasteiger partial charge in [0.05, 0.1) is 5.92 Å². The molecule has 0 aliphatic heterocycles. The van der Waals surface area contributed by atoms with E-state index in [1.807, 2.05) is 42.5 Å². The second-order valence-corrected chi connectivity index (χ2v) is 16.9. The Kier molecular flexibility index (Phi) is 5.60. The Balaban J connectivity index is 2.10. The minimum atomic E-state index is -1.69. The molecule has 4 heteroatoms. The van der Waals surface area contributed by atoms with Gasteiger partial charge >= 0.3 is 0 Å². The summed E-state index contributed by atoms with van der Waals surface area (Å²) in [5.41, 5.74) is 2.03. The van der Waals surface area contributed by atoms with Crippen molar-refractivity contribution in [2.24, 2.45) is 5.92 Å². The summed E-state index contributed by atoms with van der Waals surface area (Å²) in [6, 6.07) is 9.10. The Morgan fingerprint density at radius 1 is 1.04 bits per heavy atom. The van der Waals surface area contributed by atoms with Crippen molar-refractivity contribution in [3.05, 3.63) is 59.7 Å². The monoisotopic (exact) mass is 344 g/mol. The molecular weight excluding hydrogens is 316 g/mol. The average molecular weight is 345 g/mol. The van der Waals surface area contributed by atoms with Gasteiger partial charge < -0.3 is 4.12 Å². The lowest BCUT2D eigenvalue weighted by atomic mass is 9.94. The number of Topliss-reactive ketones (excluding diaryl/α,β-unsaturated/α-hetero) is 1. The van der Waals surface area contributed by atoms with Crippen molar-refractivity contribution in [3.63, 3.8) is 0 Å². The molecule has 1 aromatic rings. The summed E-state index contributed by atoms with van der Waals surface area (Å²) in [6.45, 7) is 11.3. The molecule has 1 aliphatic carbocycles. The molecule has 0 unspecified atom stereocenters. The second kappa shape index (κ2) is 7.11. The Bertz CT molecular complexity index is 613. The third-order valence-corrected chi connectivity index (χ3v) is 10.0. The number of hydrogen-bond donors (Lipinski definition) is 0. The number of allylic oxidation sites excluding steroid dienone is 4. The van der Waals surface area contributed by atoms with Crippen molar-refractivity contribution in [2.45, 2.75) is 45.2 Å². The SMILES string of the molecule is C[Si](C)(C)O[Si](C)(C)CCc1ccccc1C(=O)C1C=CC=C1. The van der Waals surface area contributed by atoms with Crippen LogP contribution in [0, 0.1) is 5.92 Å². The van der Waals surface area contributed by atoms with E-state index in [0.29, 0.717) is 0 Å². The highest BCUT2D eigenvalue weighted by Crippen LogP contribution is 2.24. The molecule has 0 atom stereocenters. The maximum absolute atomic E-state index is 12.7. The first-order valence-electron chi connectivity index (χ1n) is 8.35. The van der Waals surface area contributed by atoms with Crippen molar-refractivity contribution in [3.8, 4) is 0 Å². The fourth-order valence-electron chi connectivity index (χ4n) is 3.08. The van der Waals surface area contributed by atoms with Gasteiger partial charge in [-0.2, -0.15) is 0 Å². The van der Waals surface area contributed by atoms with E-state index < -0.39 is 16.6 Å². The number of ketones is 1. The van der Waals surface area contributed by atoms with Gasteiger partial charge in [0.15, 0.2) is 22.4 Å². The Morgan fingerprint density at radius 2 is 1.65 bits per heavy atom. The third-order valence-electron chi connectivity index (χ3n) is 3.91. The van der Waals surface area contributed by atoms with Crippen LogP contribution in [0.15, 0.2) is 48.6 Å². The van der Waals surface area contributed by atoms with Crippen LogP contribution >= 0.6 is 0 Å². The van der Waals surface area contributed by atoms with Gasteiger partial charge in [0, 0.05) is 5.56 Å². The molecule has 0 amide bonds. The van der Waals surface area contributed by atoms with E-state index in [9.17, 15) is 4.79 Å². The fraction of sp³-hybridized carbons (Fsp3) is 0.421. The first kappa shape index (κ1) is 18.1. The van der Waals surface area contributed by atoms with E-state index in [2.05, 4.69) is 38.8 Å². The van der Waals surface area contributed by atoms with Gasteiger partial charge in [0.2, 0.25) is 0 Å². The molecule has 0 aromatic heterocycles. The van der Waals surface area contributed by atoms with Crippen molar-refractivity contribution in [2.75, 3.05) is 0 Å². The van der Waals surface area contributed by atoms with Gasteiger partial charge in [-0.1, -0.05) is 48.6 Å². The van der Waals surface area contributed by atoms with Gasteiger partial charge in [-0.3, -0.25) is 4.79 Å². The van der Waals surface area contributed by atoms with Crippen LogP contribution in [-0.2, 0) is 10.5 Å². The number of rotatable bonds is 7. The van der Waals surface area contributed by atoms with Crippen LogP contribution in [0.2, 0.25) is 38.8 Å². The summed E-state index contributed by atoms with van der Waals surface area (Å²) < 4.78 is 6.42. The Hall–Kier alpha value is -1.24. The molecule has 0 spiro atoms. The molecule has 0 saturated heterocycles. The number of benzene rings is 1. The zero-order valence-corrected chi connectivity index (χ0v) is 16.9. The Morgan fingerprint density at radius 3 is 2.26 bits per heavy atom. The molecule has 0 fully saturated rings. The van der Waals surface area contributed by atoms with Gasteiger partial charge in [-0.25, -0.2) is 0 Å². The van der Waals surface area contributed by atoms with Crippen molar-refractivity contribution < 1.29 is 8.91 Å². The highest BCUT2D eigenvalue weighted by Gasteiger charge is 2.29. The first-order valence-corrected chi connectivity index (χ1v) is 14.9. The lowest BCUT2D eigenvalue weighted by Crippen LogP contribution is -2.42. The molecule has 124 valence electrons. The molecule has 0 N–H and O–H groups in total. The minimum Gasteiger partial charge on any atom is -0.456 e. The minimum absolute atomic E-state index is 0.0976. The standard InChI is InChI=1S/C19H28O2Si2/c1-22(2,3)21-23(4,5)15-14-16-10-8-9-13-18(16)19(20)17-11-6-7-12-17/h6-13,17H,14-15H2,1-5H3. The maximum atomic E-state index is 12.7. The first-order chi connectivity index (χ1) is 10.7. The van der Waals surface area contributed by atoms with Crippen molar-refractivity contribution in [1.82, 2.24) is 0 Å². The number of hydrogen-bond acceptors (Lipinski definition) is 2. The fourth-order valence-corrected chi connectivity index (χ4v) is 11.0. The quantitative estimate of drug-likeness (QED) is 0.501. The summed E-state index contributed by atoms with van der Waals surface area (Å²) in [7, 11) is -3.20. The highest BCUT2D eigenvalue weighted by molar-refractivity contribution is 6.84. The molecule has 0 saturated carbocycles. The van der Waals surface area contributed by atoms with E-state index in [0.717, 1.165) is 23.6 Å². The van der Waals surface area contributed by atoms with Gasteiger partial charge in [0.25, 0.3) is 0 Å². The van der Waals surface area contributed by atoms with Crippen LogP contribution in [0.1, 0.15) is 15.9 Å². The summed E-state index contributed by atoms with van der Waals surface area (Å²) in [5, 5.41) is 0. The molecule has 0 radical (unpaired) electrons. The maximum Gasteiger partial charge on any atom is 0.173 e. The molecule has 0 heterocycles. The van der Waals surface area contributed by atoms with Gasteiger partial charge in [-0.15, -0.1) is 0 Å².